The van der Waals surface area contributed by atoms with Gasteiger partial charge < -0.3 is 15.3 Å². The number of carboxylic acid groups (broad SMARTS) is 1. The van der Waals surface area contributed by atoms with E-state index in [4.69, 9.17) is 5.11 Å². The van der Waals surface area contributed by atoms with Crippen LogP contribution in [0.4, 0.5) is 0 Å². The summed E-state index contributed by atoms with van der Waals surface area (Å²) in [5.74, 6) is -1.24. The van der Waals surface area contributed by atoms with Crippen molar-refractivity contribution in [3.63, 3.8) is 0 Å². The molecule has 0 rings (SSSR count). The Morgan fingerprint density at radius 3 is 1.89 bits per heavy atom. The fraction of sp³-hybridized carbons (Fsp3) is 0.857. The Morgan fingerprint density at radius 2 is 1.37 bits per heavy atom. The van der Waals surface area contributed by atoms with E-state index in [1.807, 2.05) is 0 Å². The number of hydrogen-bond acceptors (Lipinski definition) is 3. The molecule has 0 aliphatic heterocycles. The first-order valence-corrected chi connectivity index (χ1v) is 10.8. The van der Waals surface area contributed by atoms with Crippen molar-refractivity contribution in [1.82, 2.24) is 10.2 Å². The Kier molecular flexibility index (Phi) is 15.6. The van der Waals surface area contributed by atoms with Crippen molar-refractivity contribution >= 4 is 17.8 Å². The zero-order chi connectivity index (χ0) is 20.5. The lowest BCUT2D eigenvalue weighted by atomic mass is 10.1. The van der Waals surface area contributed by atoms with Crippen molar-refractivity contribution in [2.24, 2.45) is 0 Å². The molecule has 1 atom stereocenters. The van der Waals surface area contributed by atoms with Gasteiger partial charge in [-0.25, -0.2) is 0 Å². The maximum Gasteiger partial charge on any atom is 0.303 e. The first-order valence-electron chi connectivity index (χ1n) is 10.8. The minimum Gasteiger partial charge on any atom is -0.481 e. The minimum absolute atomic E-state index is 0.122. The highest BCUT2D eigenvalue weighted by atomic mass is 16.4. The molecule has 0 aromatic heterocycles. The van der Waals surface area contributed by atoms with Crippen LogP contribution in [-0.4, -0.2) is 46.9 Å². The van der Waals surface area contributed by atoms with Crippen LogP contribution in [0.3, 0.4) is 0 Å². The van der Waals surface area contributed by atoms with Gasteiger partial charge in [-0.2, -0.15) is 0 Å². The highest BCUT2D eigenvalue weighted by molar-refractivity contribution is 5.88. The highest BCUT2D eigenvalue weighted by Gasteiger charge is 2.26. The molecule has 158 valence electrons. The van der Waals surface area contributed by atoms with E-state index in [-0.39, 0.29) is 24.7 Å². The summed E-state index contributed by atoms with van der Waals surface area (Å²) < 4.78 is 0. The van der Waals surface area contributed by atoms with Gasteiger partial charge in [0.05, 0.1) is 0 Å². The second-order valence-electron chi connectivity index (χ2n) is 7.25. The summed E-state index contributed by atoms with van der Waals surface area (Å²) in [7, 11) is 0. The Bertz CT molecular complexity index is 418. The van der Waals surface area contributed by atoms with Gasteiger partial charge in [0.25, 0.3) is 0 Å². The zero-order valence-electron chi connectivity index (χ0n) is 17.6. The molecule has 0 aliphatic carbocycles. The van der Waals surface area contributed by atoms with E-state index in [9.17, 15) is 14.4 Å². The number of carbonyl (C=O) groups excluding carboxylic acids is 2. The Hall–Kier alpha value is -1.59. The van der Waals surface area contributed by atoms with Crippen LogP contribution in [0.25, 0.3) is 0 Å². The molecular weight excluding hydrogens is 344 g/mol. The quantitative estimate of drug-likeness (QED) is 0.369. The van der Waals surface area contributed by atoms with Crippen molar-refractivity contribution in [2.45, 2.75) is 104 Å². The molecule has 0 radical (unpaired) electrons. The van der Waals surface area contributed by atoms with Crippen LogP contribution in [0.15, 0.2) is 0 Å². The lowest BCUT2D eigenvalue weighted by Gasteiger charge is -2.28. The molecule has 0 saturated carbocycles. The average molecular weight is 385 g/mol. The van der Waals surface area contributed by atoms with Crippen LogP contribution in [0.2, 0.25) is 0 Å². The lowest BCUT2D eigenvalue weighted by Crippen LogP contribution is -2.49. The number of aliphatic carboxylic acids is 1. The maximum atomic E-state index is 12.9. The average Bonchev–Trinajstić information content (AvgIpc) is 2.64. The van der Waals surface area contributed by atoms with Gasteiger partial charge in [0.15, 0.2) is 0 Å². The molecule has 2 N–H and O–H groups in total. The summed E-state index contributed by atoms with van der Waals surface area (Å²) in [5, 5.41) is 11.8. The molecule has 0 aliphatic rings. The third-order valence-corrected chi connectivity index (χ3v) is 4.66. The van der Waals surface area contributed by atoms with Crippen molar-refractivity contribution in [2.75, 3.05) is 13.1 Å². The van der Waals surface area contributed by atoms with Crippen molar-refractivity contribution < 1.29 is 19.5 Å². The van der Waals surface area contributed by atoms with Crippen LogP contribution in [0, 0.1) is 0 Å². The number of rotatable bonds is 17. The van der Waals surface area contributed by atoms with Crippen molar-refractivity contribution in [1.29, 1.82) is 0 Å². The molecule has 0 aromatic carbocycles. The summed E-state index contributed by atoms with van der Waals surface area (Å²) in [4.78, 5) is 37.9. The van der Waals surface area contributed by atoms with Gasteiger partial charge in [-0.3, -0.25) is 14.4 Å². The van der Waals surface area contributed by atoms with E-state index in [1.165, 1.54) is 6.42 Å². The summed E-state index contributed by atoms with van der Waals surface area (Å²) in [6, 6.07) is -0.738. The predicted molar refractivity (Wildman–Crippen MR) is 109 cm³/mol. The summed E-state index contributed by atoms with van der Waals surface area (Å²) in [6.45, 7) is 7.61. The summed E-state index contributed by atoms with van der Waals surface area (Å²) >= 11 is 0. The van der Waals surface area contributed by atoms with E-state index in [1.54, 1.807) is 4.90 Å². The van der Waals surface area contributed by atoms with Crippen LogP contribution >= 0.6 is 0 Å². The molecule has 0 fully saturated rings. The van der Waals surface area contributed by atoms with E-state index in [0.29, 0.717) is 19.5 Å². The fourth-order valence-electron chi connectivity index (χ4n) is 2.93. The Labute approximate surface area is 165 Å². The molecule has 0 aromatic rings. The molecule has 27 heavy (non-hydrogen) atoms. The van der Waals surface area contributed by atoms with Crippen molar-refractivity contribution in [3.05, 3.63) is 0 Å². The Balaban J connectivity index is 4.78. The fourth-order valence-corrected chi connectivity index (χ4v) is 2.93. The maximum absolute atomic E-state index is 12.9. The van der Waals surface area contributed by atoms with E-state index in [2.05, 4.69) is 26.1 Å². The van der Waals surface area contributed by atoms with Crippen LogP contribution in [0.5, 0.6) is 0 Å². The lowest BCUT2D eigenvalue weighted by molar-refractivity contribution is -0.139. The molecule has 6 nitrogen and oxygen atoms in total. The largest absolute Gasteiger partial charge is 0.481 e. The molecule has 0 heterocycles. The van der Waals surface area contributed by atoms with Crippen LogP contribution < -0.4 is 5.32 Å². The van der Waals surface area contributed by atoms with Gasteiger partial charge in [0, 0.05) is 25.9 Å². The normalized spacial score (nSPS) is 11.8. The molecule has 2 amide bonds. The van der Waals surface area contributed by atoms with E-state index in [0.717, 1.165) is 51.4 Å². The topological polar surface area (TPSA) is 86.7 Å². The van der Waals surface area contributed by atoms with E-state index < -0.39 is 12.0 Å². The summed E-state index contributed by atoms with van der Waals surface area (Å²) in [5.41, 5.74) is 0. The molecule has 0 bridgehead atoms. The van der Waals surface area contributed by atoms with Crippen molar-refractivity contribution in [3.8, 4) is 0 Å². The van der Waals surface area contributed by atoms with Gasteiger partial charge in [-0.05, 0) is 25.7 Å². The number of carboxylic acids is 1. The van der Waals surface area contributed by atoms with Gasteiger partial charge >= 0.3 is 5.97 Å². The number of nitrogens with zero attached hydrogens (tertiary/aromatic N) is 1. The molecule has 0 spiro atoms. The first kappa shape index (κ1) is 25.4. The number of nitrogens with one attached hydrogen (secondary N) is 1. The number of carbonyl (C=O) groups is 3. The smallest absolute Gasteiger partial charge is 0.303 e. The number of hydrogen-bond donors (Lipinski definition) is 2. The van der Waals surface area contributed by atoms with Gasteiger partial charge in [-0.15, -0.1) is 0 Å². The zero-order valence-corrected chi connectivity index (χ0v) is 17.6. The number of unbranched alkanes of at least 4 members (excludes halogenated alkanes) is 6. The van der Waals surface area contributed by atoms with Gasteiger partial charge in [0.2, 0.25) is 11.8 Å². The predicted octanol–water partition coefficient (Wildman–Crippen LogP) is 4.13. The van der Waals surface area contributed by atoms with Gasteiger partial charge in [0.1, 0.15) is 6.04 Å². The first-order chi connectivity index (χ1) is 13.0. The number of amides is 2. The molecule has 1 unspecified atom stereocenters. The van der Waals surface area contributed by atoms with Gasteiger partial charge in [-0.1, -0.05) is 59.3 Å². The molecule has 0 saturated heterocycles. The van der Waals surface area contributed by atoms with Crippen LogP contribution in [0.1, 0.15) is 97.8 Å². The standard InChI is InChI=1S/C21H40N2O4/c1-4-7-10-11-12-13-19(24)22-18(14-15-20(25)26)21(27)23(16-8-5-2)17-9-6-3/h18H,4-17H2,1-3H3,(H,22,24)(H,25,26). The second kappa shape index (κ2) is 16.6. The minimum atomic E-state index is -0.949. The SMILES string of the molecule is CCCCCCCC(=O)NC(CCC(=O)O)C(=O)N(CCCC)CCCC. The van der Waals surface area contributed by atoms with Crippen LogP contribution in [-0.2, 0) is 14.4 Å². The third kappa shape index (κ3) is 13.3. The molecule has 6 heteroatoms. The summed E-state index contributed by atoms with van der Waals surface area (Å²) in [6.07, 6.45) is 9.47. The molecular formula is C21H40N2O4. The van der Waals surface area contributed by atoms with E-state index >= 15 is 0 Å². The monoisotopic (exact) mass is 384 g/mol. The second-order valence-corrected chi connectivity index (χ2v) is 7.25. The highest BCUT2D eigenvalue weighted by Crippen LogP contribution is 2.09. The third-order valence-electron chi connectivity index (χ3n) is 4.66. The Morgan fingerprint density at radius 1 is 0.815 bits per heavy atom.